The number of hydrogen-bond acceptors (Lipinski definition) is 0. The maximum absolute atomic E-state index is 0. The van der Waals surface area contributed by atoms with E-state index in [2.05, 4.69) is 0 Å². The van der Waals surface area contributed by atoms with Crippen LogP contribution in [-0.4, -0.2) is 0 Å². The average molecular weight is 11900 g/mol. The summed E-state index contributed by atoms with van der Waals surface area (Å²) >= 11 is 0. The Morgan fingerprint density at radius 3 is 0.0154 bits per heavy atom. The van der Waals surface area contributed by atoms with Gasteiger partial charge in [0.15, 0.2) is 0 Å². The molecule has 0 aliphatic heterocycles. The second-order valence-electron chi connectivity index (χ2n) is 0. The second-order valence-corrected chi connectivity index (χ2v) is 0. The van der Waals surface area contributed by atoms with Gasteiger partial charge in [-0.05, 0) is 0 Å². The van der Waals surface area contributed by atoms with Gasteiger partial charge < -0.3 is 0 Å². The minimum Gasteiger partial charge on any atom is 0 e. The van der Waals surface area contributed by atoms with Gasteiger partial charge in [-0.3, -0.25) is 0 Å². The first kappa shape index (κ1) is 648. The third-order valence-electron chi connectivity index (χ3n) is 0. The van der Waals surface area contributed by atoms with Crippen molar-refractivity contribution in [3.8, 4) is 0 Å². The molecule has 0 bridgehead atoms. The van der Waals surface area contributed by atoms with Crippen molar-refractivity contribution < 1.29 is 1370 Å². The predicted molar refractivity (Wildman–Crippen MR) is 0 cm³/mol. The standard InChI is InChI=1S/65W. The molecule has 0 amide bonds. The van der Waals surface area contributed by atoms with E-state index in [9.17, 15) is 0 Å². The van der Waals surface area contributed by atoms with Gasteiger partial charge in [-0.25, -0.2) is 0 Å². The van der Waals surface area contributed by atoms with Gasteiger partial charge in [0.2, 0.25) is 0 Å². The van der Waals surface area contributed by atoms with Crippen LogP contribution in [0.2, 0.25) is 0 Å². The van der Waals surface area contributed by atoms with Gasteiger partial charge in [0, 0.05) is 1370 Å². The molecule has 65 heteroatoms. The van der Waals surface area contributed by atoms with Crippen LogP contribution in [0.1, 0.15) is 0 Å². The molecule has 0 rings (SSSR count). The maximum Gasteiger partial charge on any atom is 0 e. The SMILES string of the molecule is [W].[W].[W].[W].[W].[W].[W].[W].[W].[W].[W].[W].[W].[W].[W].[W].[W].[W].[W].[W].[W].[W].[W].[W].[W].[W].[W].[W].[W].[W].[W].[W].[W].[W].[W].[W].[W].[W].[W].[W].[W].[W].[W].[W].[W].[W].[W].[W].[W].[W].[W].[W].[W].[W].[W].[W].[W].[W].[W].[W].[W].[W].[W].[W].[W]. The van der Waals surface area contributed by atoms with Gasteiger partial charge in [-0.15, -0.1) is 0 Å². The van der Waals surface area contributed by atoms with Gasteiger partial charge in [0.05, 0.1) is 0 Å². The van der Waals surface area contributed by atoms with Crippen molar-refractivity contribution in [3.05, 3.63) is 0 Å². The summed E-state index contributed by atoms with van der Waals surface area (Å²) in [5, 5.41) is 0. The molecule has 0 aliphatic rings. The zero-order valence-corrected chi connectivity index (χ0v) is 217. The molecule has 0 spiro atoms. The van der Waals surface area contributed by atoms with E-state index >= 15 is 0 Å². The fraction of sp³-hybridized carbons (Fsp3) is 0. The van der Waals surface area contributed by atoms with Crippen LogP contribution in [0.5, 0.6) is 0 Å². The van der Waals surface area contributed by atoms with Gasteiger partial charge in [0.25, 0.3) is 0 Å². The van der Waals surface area contributed by atoms with Crippen LogP contribution in [-0.2, 0) is 1370 Å². The monoisotopic (exact) mass is 12000 g/mol. The van der Waals surface area contributed by atoms with E-state index in [1.165, 1.54) is 0 Å². The Hall–Kier alpha value is 44.7. The van der Waals surface area contributed by atoms with Crippen molar-refractivity contribution in [1.29, 1.82) is 0 Å². The zero-order chi connectivity index (χ0) is 0. The van der Waals surface area contributed by atoms with Crippen LogP contribution >= 0.6 is 0 Å². The van der Waals surface area contributed by atoms with Crippen LogP contribution in [0.3, 0.4) is 0 Å². The summed E-state index contributed by atoms with van der Waals surface area (Å²) in [7, 11) is 0. The van der Waals surface area contributed by atoms with E-state index in [-0.39, 0.29) is 1370 Å². The smallest absolute Gasteiger partial charge is 0 e. The van der Waals surface area contributed by atoms with Crippen LogP contribution < -0.4 is 0 Å². The Kier molecular flexibility index (Phi) is 6290. The molecule has 390 valence electrons. The van der Waals surface area contributed by atoms with Crippen LogP contribution in [0, 0.1) is 0 Å². The summed E-state index contributed by atoms with van der Waals surface area (Å²) in [5.41, 5.74) is 0. The van der Waals surface area contributed by atoms with E-state index in [1.807, 2.05) is 0 Å². The topological polar surface area (TPSA) is 0 Å². The summed E-state index contributed by atoms with van der Waals surface area (Å²) in [6.07, 6.45) is 0. The number of rotatable bonds is 0. The Labute approximate surface area is 1330 Å². The second kappa shape index (κ2) is 631. The van der Waals surface area contributed by atoms with Gasteiger partial charge in [-0.1, -0.05) is 0 Å². The molecule has 0 aromatic heterocycles. The molecular formula is W65. The summed E-state index contributed by atoms with van der Waals surface area (Å²) < 4.78 is 0. The molecule has 0 saturated carbocycles. The fourth-order valence-electron chi connectivity index (χ4n) is 0. The summed E-state index contributed by atoms with van der Waals surface area (Å²) in [5.74, 6) is 0. The molecule has 0 fully saturated rings. The van der Waals surface area contributed by atoms with Crippen molar-refractivity contribution in [2.75, 3.05) is 0 Å². The zero-order valence-electron chi connectivity index (χ0n) is 26.5. The molecular weight excluding hydrogens is 11900 g/mol. The van der Waals surface area contributed by atoms with Crippen LogP contribution in [0.25, 0.3) is 0 Å². The first-order chi connectivity index (χ1) is 0. The molecule has 0 aromatic rings. The van der Waals surface area contributed by atoms with Crippen molar-refractivity contribution >= 4 is 0 Å². The quantitative estimate of drug-likeness (QED) is 0.317. The molecule has 0 saturated heterocycles. The summed E-state index contributed by atoms with van der Waals surface area (Å²) in [6.45, 7) is 0. The van der Waals surface area contributed by atoms with Crippen LogP contribution in [0.15, 0.2) is 0 Å². The Bertz CT molecular complexity index is 0. The first-order valence-electron chi connectivity index (χ1n) is 0. The Morgan fingerprint density at radius 1 is 0.0154 bits per heavy atom. The van der Waals surface area contributed by atoms with Crippen LogP contribution in [0.4, 0.5) is 0 Å². The largest absolute Gasteiger partial charge is 0 e. The predicted octanol–water partition coefficient (Wildman–Crippen LogP) is -0.163. The molecule has 65 heavy (non-hydrogen) atoms. The summed E-state index contributed by atoms with van der Waals surface area (Å²) in [6, 6.07) is 0. The summed E-state index contributed by atoms with van der Waals surface area (Å²) in [4.78, 5) is 0. The van der Waals surface area contributed by atoms with Gasteiger partial charge in [-0.2, -0.15) is 0 Å². The number of hydrogen-bond donors (Lipinski definition) is 0. The molecule has 0 atom stereocenters. The molecule has 0 aliphatic carbocycles. The third kappa shape index (κ3) is 619. The maximum atomic E-state index is 0. The van der Waals surface area contributed by atoms with E-state index in [0.29, 0.717) is 0 Å². The minimum absolute atomic E-state index is 0. The Balaban J connectivity index is 0. The van der Waals surface area contributed by atoms with E-state index in [0.717, 1.165) is 0 Å². The van der Waals surface area contributed by atoms with Gasteiger partial charge >= 0.3 is 0 Å². The van der Waals surface area contributed by atoms with E-state index in [1.54, 1.807) is 0 Å². The molecule has 0 unspecified atom stereocenters. The van der Waals surface area contributed by atoms with Crippen molar-refractivity contribution in [1.82, 2.24) is 0 Å². The normalized spacial score (nSPS) is 0. The van der Waals surface area contributed by atoms with Gasteiger partial charge in [0.1, 0.15) is 0 Å². The van der Waals surface area contributed by atoms with E-state index in [4.69, 9.17) is 0 Å². The molecule has 0 aromatic carbocycles. The Morgan fingerprint density at radius 2 is 0.0154 bits per heavy atom. The average Bonchev–Trinajstić information content (AvgIpc) is 0. The molecule has 0 radical (unpaired) electrons. The molecule has 0 heterocycles. The van der Waals surface area contributed by atoms with Crippen molar-refractivity contribution in [3.63, 3.8) is 0 Å². The third-order valence-corrected chi connectivity index (χ3v) is 0. The minimum atomic E-state index is 0. The van der Waals surface area contributed by atoms with Crippen molar-refractivity contribution in [2.45, 2.75) is 0 Å². The fourth-order valence-corrected chi connectivity index (χ4v) is 0. The van der Waals surface area contributed by atoms with Crippen molar-refractivity contribution in [2.24, 2.45) is 0 Å². The van der Waals surface area contributed by atoms with E-state index < -0.39 is 0 Å². The molecule has 0 N–H and O–H groups in total. The first-order valence-corrected chi connectivity index (χ1v) is 0. The molecule has 0 nitrogen and oxygen atoms in total.